The molecular weight excluding hydrogens is 368 g/mol. The molecule has 26 heavy (non-hydrogen) atoms. The smallest absolute Gasteiger partial charge is 0.337 e. The molecule has 10 heteroatoms. The van der Waals surface area contributed by atoms with E-state index < -0.39 is 32.5 Å². The van der Waals surface area contributed by atoms with E-state index in [0.29, 0.717) is 25.2 Å². The normalized spacial score (nSPS) is 11.2. The van der Waals surface area contributed by atoms with Crippen molar-refractivity contribution < 1.29 is 27.1 Å². The van der Waals surface area contributed by atoms with Crippen molar-refractivity contribution in [2.24, 2.45) is 0 Å². The SMILES string of the molecule is CCN(CC)c1ncc(C(=O)O)cc1NS(=O)(=O)c1ccc(F)c(F)c1. The molecule has 2 N–H and O–H groups in total. The summed E-state index contributed by atoms with van der Waals surface area (Å²) in [6.45, 7) is 4.64. The van der Waals surface area contributed by atoms with Gasteiger partial charge in [0.25, 0.3) is 10.0 Å². The number of sulfonamides is 1. The molecule has 0 aliphatic heterocycles. The monoisotopic (exact) mass is 385 g/mol. The van der Waals surface area contributed by atoms with Gasteiger partial charge >= 0.3 is 5.97 Å². The van der Waals surface area contributed by atoms with Gasteiger partial charge in [0, 0.05) is 19.3 Å². The van der Waals surface area contributed by atoms with Crippen LogP contribution in [0.1, 0.15) is 24.2 Å². The third-order valence-electron chi connectivity index (χ3n) is 3.62. The Hall–Kier alpha value is -2.75. The van der Waals surface area contributed by atoms with Crippen molar-refractivity contribution in [1.29, 1.82) is 0 Å². The van der Waals surface area contributed by atoms with Crippen LogP contribution in [0.15, 0.2) is 35.4 Å². The lowest BCUT2D eigenvalue weighted by molar-refractivity contribution is 0.0696. The molecule has 0 aliphatic rings. The molecule has 140 valence electrons. The largest absolute Gasteiger partial charge is 0.478 e. The summed E-state index contributed by atoms with van der Waals surface area (Å²) < 4.78 is 53.6. The zero-order valence-electron chi connectivity index (χ0n) is 14.0. The Morgan fingerprint density at radius 2 is 1.85 bits per heavy atom. The lowest BCUT2D eigenvalue weighted by atomic mass is 10.2. The van der Waals surface area contributed by atoms with Crippen molar-refractivity contribution in [1.82, 2.24) is 4.98 Å². The molecule has 0 amide bonds. The number of carboxylic acid groups (broad SMARTS) is 1. The Labute approximate surface area is 149 Å². The van der Waals surface area contributed by atoms with E-state index in [1.54, 1.807) is 4.90 Å². The average Bonchev–Trinajstić information content (AvgIpc) is 2.59. The van der Waals surface area contributed by atoms with Gasteiger partial charge in [0.2, 0.25) is 0 Å². The van der Waals surface area contributed by atoms with Crippen LogP contribution in [0, 0.1) is 11.6 Å². The van der Waals surface area contributed by atoms with Gasteiger partial charge < -0.3 is 10.0 Å². The van der Waals surface area contributed by atoms with Crippen LogP contribution in [0.3, 0.4) is 0 Å². The van der Waals surface area contributed by atoms with Crippen LogP contribution >= 0.6 is 0 Å². The molecule has 1 aromatic heterocycles. The van der Waals surface area contributed by atoms with Gasteiger partial charge in [-0.05, 0) is 38.1 Å². The second-order valence-corrected chi connectivity index (χ2v) is 6.94. The van der Waals surface area contributed by atoms with Crippen molar-refractivity contribution in [3.63, 3.8) is 0 Å². The van der Waals surface area contributed by atoms with Gasteiger partial charge in [-0.1, -0.05) is 0 Å². The number of carboxylic acids is 1. The molecule has 0 fully saturated rings. The maximum Gasteiger partial charge on any atom is 0.337 e. The fraction of sp³-hybridized carbons (Fsp3) is 0.250. The molecule has 0 aliphatic carbocycles. The number of hydrogen-bond acceptors (Lipinski definition) is 5. The van der Waals surface area contributed by atoms with Gasteiger partial charge in [-0.15, -0.1) is 0 Å². The fourth-order valence-corrected chi connectivity index (χ4v) is 3.34. The maximum atomic E-state index is 13.4. The molecule has 0 saturated carbocycles. The second-order valence-electron chi connectivity index (χ2n) is 5.25. The first kappa shape index (κ1) is 19.6. The van der Waals surface area contributed by atoms with E-state index in [9.17, 15) is 22.0 Å². The Bertz CT molecular complexity index is 931. The molecule has 0 atom stereocenters. The number of carbonyl (C=O) groups is 1. The van der Waals surface area contributed by atoms with Crippen LogP contribution in [-0.4, -0.2) is 37.6 Å². The fourth-order valence-electron chi connectivity index (χ4n) is 2.27. The summed E-state index contributed by atoms with van der Waals surface area (Å²) in [6, 6.07) is 3.27. The number of anilines is 2. The van der Waals surface area contributed by atoms with E-state index in [0.717, 1.165) is 18.3 Å². The molecule has 0 unspecified atom stereocenters. The minimum absolute atomic E-state index is 0.0710. The van der Waals surface area contributed by atoms with Gasteiger partial charge in [0.1, 0.15) is 0 Å². The molecule has 1 heterocycles. The second kappa shape index (κ2) is 7.65. The molecule has 1 aromatic carbocycles. The van der Waals surface area contributed by atoms with E-state index in [2.05, 4.69) is 9.71 Å². The van der Waals surface area contributed by atoms with Crippen LogP contribution in [0.25, 0.3) is 0 Å². The Balaban J connectivity index is 2.52. The highest BCUT2D eigenvalue weighted by Gasteiger charge is 2.21. The maximum absolute atomic E-state index is 13.4. The number of nitrogens with one attached hydrogen (secondary N) is 1. The molecule has 2 aromatic rings. The van der Waals surface area contributed by atoms with Crippen LogP contribution in [0.5, 0.6) is 0 Å². The van der Waals surface area contributed by atoms with Crippen molar-refractivity contribution >= 4 is 27.5 Å². The number of pyridine rings is 1. The average molecular weight is 385 g/mol. The summed E-state index contributed by atoms with van der Waals surface area (Å²) in [5.41, 5.74) is -0.290. The number of nitrogens with zero attached hydrogens (tertiary/aromatic N) is 2. The Kier molecular flexibility index (Phi) is 5.76. The highest BCUT2D eigenvalue weighted by atomic mass is 32.2. The molecule has 0 saturated heterocycles. The highest BCUT2D eigenvalue weighted by molar-refractivity contribution is 7.92. The van der Waals surface area contributed by atoms with Crippen LogP contribution in [-0.2, 0) is 10.0 Å². The minimum atomic E-state index is -4.28. The summed E-state index contributed by atoms with van der Waals surface area (Å²) in [7, 11) is -4.28. The summed E-state index contributed by atoms with van der Waals surface area (Å²) >= 11 is 0. The number of rotatable bonds is 7. The first-order valence-electron chi connectivity index (χ1n) is 7.65. The van der Waals surface area contributed by atoms with Crippen LogP contribution < -0.4 is 9.62 Å². The third-order valence-corrected chi connectivity index (χ3v) is 4.99. The van der Waals surface area contributed by atoms with Gasteiger partial charge in [0.15, 0.2) is 17.5 Å². The first-order chi connectivity index (χ1) is 12.2. The van der Waals surface area contributed by atoms with Crippen molar-refractivity contribution in [2.45, 2.75) is 18.7 Å². The predicted molar refractivity (Wildman–Crippen MR) is 91.9 cm³/mol. The van der Waals surface area contributed by atoms with Gasteiger partial charge in [-0.25, -0.2) is 27.0 Å². The van der Waals surface area contributed by atoms with E-state index in [-0.39, 0.29) is 17.1 Å². The Morgan fingerprint density at radius 1 is 1.19 bits per heavy atom. The molecule has 0 spiro atoms. The summed E-state index contributed by atoms with van der Waals surface area (Å²) in [5, 5.41) is 9.11. The number of benzene rings is 1. The predicted octanol–water partition coefficient (Wildman–Crippen LogP) is 2.71. The van der Waals surface area contributed by atoms with Gasteiger partial charge in [0.05, 0.1) is 16.1 Å². The van der Waals surface area contributed by atoms with Crippen LogP contribution in [0.4, 0.5) is 20.3 Å². The summed E-state index contributed by atoms with van der Waals surface area (Å²) in [6.07, 6.45) is 1.12. The van der Waals surface area contributed by atoms with E-state index in [1.165, 1.54) is 0 Å². The number of hydrogen-bond donors (Lipinski definition) is 2. The summed E-state index contributed by atoms with van der Waals surface area (Å²) in [5.74, 6) is -3.54. The van der Waals surface area contributed by atoms with Crippen molar-refractivity contribution in [3.8, 4) is 0 Å². The quantitative estimate of drug-likeness (QED) is 0.760. The zero-order chi connectivity index (χ0) is 19.5. The highest BCUT2D eigenvalue weighted by Crippen LogP contribution is 2.27. The third kappa shape index (κ3) is 4.07. The van der Waals surface area contributed by atoms with Crippen molar-refractivity contribution in [2.75, 3.05) is 22.7 Å². The van der Waals surface area contributed by atoms with E-state index in [4.69, 9.17) is 5.11 Å². The number of aromatic nitrogens is 1. The Morgan fingerprint density at radius 3 is 2.38 bits per heavy atom. The minimum Gasteiger partial charge on any atom is -0.478 e. The molecular formula is C16H17F2N3O4S. The van der Waals surface area contributed by atoms with Gasteiger partial charge in [-0.2, -0.15) is 0 Å². The van der Waals surface area contributed by atoms with E-state index in [1.807, 2.05) is 13.8 Å². The first-order valence-corrected chi connectivity index (χ1v) is 9.14. The van der Waals surface area contributed by atoms with E-state index >= 15 is 0 Å². The topological polar surface area (TPSA) is 99.6 Å². The molecule has 7 nitrogen and oxygen atoms in total. The van der Waals surface area contributed by atoms with Gasteiger partial charge in [-0.3, -0.25) is 4.72 Å². The molecule has 0 bridgehead atoms. The zero-order valence-corrected chi connectivity index (χ0v) is 14.8. The number of aromatic carboxylic acids is 1. The molecule has 2 rings (SSSR count). The van der Waals surface area contributed by atoms with Crippen molar-refractivity contribution in [3.05, 3.63) is 47.7 Å². The lowest BCUT2D eigenvalue weighted by Crippen LogP contribution is -2.25. The van der Waals surface area contributed by atoms with Crippen LogP contribution in [0.2, 0.25) is 0 Å². The summed E-state index contributed by atoms with van der Waals surface area (Å²) in [4.78, 5) is 16.4. The lowest BCUT2D eigenvalue weighted by Gasteiger charge is -2.23. The standard InChI is InChI=1S/C16H17F2N3O4S/c1-3-21(4-2)15-14(7-10(9-19-15)16(22)23)20-26(24,25)11-5-6-12(17)13(18)8-11/h5-9,20H,3-4H2,1-2H3,(H,22,23). The number of halogens is 2. The molecule has 0 radical (unpaired) electrons.